The van der Waals surface area contributed by atoms with Gasteiger partial charge in [-0.25, -0.2) is 9.97 Å². The summed E-state index contributed by atoms with van der Waals surface area (Å²) in [5, 5.41) is 3.13. The van der Waals surface area contributed by atoms with Crippen LogP contribution in [0.2, 0.25) is 0 Å². The Labute approximate surface area is 115 Å². The Bertz CT molecular complexity index is 408. The molecule has 1 N–H and O–H groups in total. The minimum atomic E-state index is -0.0931. The van der Waals surface area contributed by atoms with Crippen LogP contribution in [-0.4, -0.2) is 40.9 Å². The second-order valence-electron chi connectivity index (χ2n) is 5.94. The Kier molecular flexibility index (Phi) is 5.27. The zero-order valence-corrected chi connectivity index (χ0v) is 12.5. The predicted octanol–water partition coefficient (Wildman–Crippen LogP) is 2.42. The van der Waals surface area contributed by atoms with Crippen molar-refractivity contribution in [3.63, 3.8) is 0 Å². The third kappa shape index (κ3) is 5.24. The summed E-state index contributed by atoms with van der Waals surface area (Å²) in [4.78, 5) is 22.2. The van der Waals surface area contributed by atoms with Crippen molar-refractivity contribution < 1.29 is 4.79 Å². The molecule has 1 aromatic rings. The summed E-state index contributed by atoms with van der Waals surface area (Å²) in [6.07, 6.45) is 4.16. The van der Waals surface area contributed by atoms with Gasteiger partial charge in [-0.3, -0.25) is 4.79 Å². The molecule has 0 spiro atoms. The van der Waals surface area contributed by atoms with Crippen LogP contribution in [0.1, 0.15) is 44.6 Å². The van der Waals surface area contributed by atoms with E-state index in [1.54, 1.807) is 18.1 Å². The van der Waals surface area contributed by atoms with Gasteiger partial charge in [-0.15, -0.1) is 0 Å². The number of rotatable bonds is 5. The lowest BCUT2D eigenvalue weighted by Gasteiger charge is -2.26. The van der Waals surface area contributed by atoms with Crippen molar-refractivity contribution >= 4 is 11.7 Å². The maximum atomic E-state index is 12.2. The molecule has 0 fully saturated rings. The Morgan fingerprint density at radius 1 is 1.32 bits per heavy atom. The third-order valence-corrected chi connectivity index (χ3v) is 2.49. The maximum Gasteiger partial charge on any atom is 0.273 e. The highest BCUT2D eigenvalue weighted by Crippen LogP contribution is 2.15. The molecule has 1 rings (SSSR count). The molecule has 1 aromatic heterocycles. The largest absolute Gasteiger partial charge is 0.369 e. The first-order chi connectivity index (χ1) is 8.83. The van der Waals surface area contributed by atoms with Crippen LogP contribution in [0.15, 0.2) is 12.4 Å². The van der Waals surface area contributed by atoms with Gasteiger partial charge in [-0.2, -0.15) is 0 Å². The van der Waals surface area contributed by atoms with Gasteiger partial charge in [0.05, 0.1) is 12.4 Å². The van der Waals surface area contributed by atoms with E-state index in [0.29, 0.717) is 18.1 Å². The molecule has 106 valence electrons. The van der Waals surface area contributed by atoms with Crippen molar-refractivity contribution in [3.8, 4) is 0 Å². The highest BCUT2D eigenvalue weighted by Gasteiger charge is 2.19. The van der Waals surface area contributed by atoms with Crippen LogP contribution >= 0.6 is 0 Å². The lowest BCUT2D eigenvalue weighted by atomic mass is 9.96. The Morgan fingerprint density at radius 3 is 2.47 bits per heavy atom. The summed E-state index contributed by atoms with van der Waals surface area (Å²) in [7, 11) is 1.79. The second kappa shape index (κ2) is 6.50. The molecule has 0 unspecified atom stereocenters. The van der Waals surface area contributed by atoms with Crippen molar-refractivity contribution in [1.29, 1.82) is 0 Å². The van der Waals surface area contributed by atoms with Crippen LogP contribution in [0.4, 0.5) is 5.82 Å². The number of aromatic nitrogens is 2. The Hall–Kier alpha value is -1.65. The summed E-state index contributed by atoms with van der Waals surface area (Å²) in [6.45, 7) is 9.91. The van der Waals surface area contributed by atoms with Crippen molar-refractivity contribution in [2.45, 2.75) is 34.1 Å². The first kappa shape index (κ1) is 15.4. The molecule has 0 bridgehead atoms. The number of hydrogen-bond donors (Lipinski definition) is 1. The fourth-order valence-electron chi connectivity index (χ4n) is 1.76. The first-order valence-corrected chi connectivity index (χ1v) is 6.65. The highest BCUT2D eigenvalue weighted by molar-refractivity contribution is 5.91. The van der Waals surface area contributed by atoms with Crippen LogP contribution in [-0.2, 0) is 0 Å². The molecule has 1 heterocycles. The molecule has 1 amide bonds. The second-order valence-corrected chi connectivity index (χ2v) is 5.94. The smallest absolute Gasteiger partial charge is 0.273 e. The zero-order valence-electron chi connectivity index (χ0n) is 12.5. The van der Waals surface area contributed by atoms with Gasteiger partial charge in [0, 0.05) is 20.1 Å². The van der Waals surface area contributed by atoms with Crippen molar-refractivity contribution in [1.82, 2.24) is 14.9 Å². The van der Waals surface area contributed by atoms with Crippen LogP contribution < -0.4 is 5.32 Å². The summed E-state index contributed by atoms with van der Waals surface area (Å²) < 4.78 is 0. The molecule has 5 nitrogen and oxygen atoms in total. The molecule has 0 atom stereocenters. The van der Waals surface area contributed by atoms with Gasteiger partial charge in [0.25, 0.3) is 5.91 Å². The Balaban J connectivity index is 2.67. The lowest BCUT2D eigenvalue weighted by Crippen LogP contribution is -2.35. The molecule has 0 aliphatic heterocycles. The van der Waals surface area contributed by atoms with Gasteiger partial charge < -0.3 is 10.2 Å². The average Bonchev–Trinajstić information content (AvgIpc) is 2.34. The molecule has 19 heavy (non-hydrogen) atoms. The molecule has 5 heteroatoms. The highest BCUT2D eigenvalue weighted by atomic mass is 16.2. The van der Waals surface area contributed by atoms with Gasteiger partial charge in [0.2, 0.25) is 0 Å². The average molecular weight is 264 g/mol. The normalized spacial score (nSPS) is 11.2. The molecule has 0 aliphatic carbocycles. The molecule has 0 aliphatic rings. The van der Waals surface area contributed by atoms with Crippen LogP contribution in [0.3, 0.4) is 0 Å². The summed E-state index contributed by atoms with van der Waals surface area (Å²) >= 11 is 0. The van der Waals surface area contributed by atoms with Crippen LogP contribution in [0.25, 0.3) is 0 Å². The number of amides is 1. The number of nitrogens with zero attached hydrogens (tertiary/aromatic N) is 3. The monoisotopic (exact) mass is 264 g/mol. The molecule has 0 radical (unpaired) electrons. The number of hydrogen-bond acceptors (Lipinski definition) is 4. The van der Waals surface area contributed by atoms with Gasteiger partial charge >= 0.3 is 0 Å². The summed E-state index contributed by atoms with van der Waals surface area (Å²) in [6, 6.07) is 0. The molecular weight excluding hydrogens is 240 g/mol. The summed E-state index contributed by atoms with van der Waals surface area (Å²) in [5.41, 5.74) is 0.453. The minimum Gasteiger partial charge on any atom is -0.369 e. The van der Waals surface area contributed by atoms with Gasteiger partial charge in [-0.1, -0.05) is 27.7 Å². The molecule has 0 saturated carbocycles. The minimum absolute atomic E-state index is 0.0699. The van der Waals surface area contributed by atoms with Crippen LogP contribution in [0, 0.1) is 5.41 Å². The van der Waals surface area contributed by atoms with Crippen molar-refractivity contribution in [2.24, 2.45) is 5.41 Å². The van der Waals surface area contributed by atoms with Crippen molar-refractivity contribution in [3.05, 3.63) is 18.1 Å². The van der Waals surface area contributed by atoms with E-state index in [0.717, 1.165) is 13.0 Å². The van der Waals surface area contributed by atoms with Gasteiger partial charge in [0.15, 0.2) is 0 Å². The summed E-state index contributed by atoms with van der Waals surface area (Å²) in [5.74, 6) is 0.612. The van der Waals surface area contributed by atoms with E-state index in [4.69, 9.17) is 0 Å². The SMILES string of the molecule is CCCNc1cnc(C(=O)N(C)CC(C)(C)C)cn1. The fourth-order valence-corrected chi connectivity index (χ4v) is 1.76. The van der Waals surface area contributed by atoms with Crippen molar-refractivity contribution in [2.75, 3.05) is 25.5 Å². The number of nitrogens with one attached hydrogen (secondary N) is 1. The zero-order chi connectivity index (χ0) is 14.5. The number of carbonyl (C=O) groups is 1. The predicted molar refractivity (Wildman–Crippen MR) is 77.2 cm³/mol. The van der Waals surface area contributed by atoms with E-state index in [1.807, 2.05) is 0 Å². The third-order valence-electron chi connectivity index (χ3n) is 2.49. The van der Waals surface area contributed by atoms with E-state index in [2.05, 4.69) is 43.0 Å². The lowest BCUT2D eigenvalue weighted by molar-refractivity contribution is 0.0739. The van der Waals surface area contributed by atoms with E-state index >= 15 is 0 Å². The number of anilines is 1. The van der Waals surface area contributed by atoms with Gasteiger partial charge in [0.1, 0.15) is 11.5 Å². The molecule has 0 aromatic carbocycles. The van der Waals surface area contributed by atoms with E-state index in [9.17, 15) is 4.79 Å². The quantitative estimate of drug-likeness (QED) is 0.887. The molecular formula is C14H24N4O. The fraction of sp³-hybridized carbons (Fsp3) is 0.643. The maximum absolute atomic E-state index is 12.2. The standard InChI is InChI=1S/C14H24N4O/c1-6-7-15-12-9-16-11(8-17-12)13(19)18(5)10-14(2,3)4/h8-9H,6-7,10H2,1-5H3,(H,15,17). The van der Waals surface area contributed by atoms with E-state index in [-0.39, 0.29) is 11.3 Å². The first-order valence-electron chi connectivity index (χ1n) is 6.65. The Morgan fingerprint density at radius 2 is 2.00 bits per heavy atom. The van der Waals surface area contributed by atoms with Crippen LogP contribution in [0.5, 0.6) is 0 Å². The topological polar surface area (TPSA) is 58.1 Å². The van der Waals surface area contributed by atoms with E-state index in [1.165, 1.54) is 6.20 Å². The van der Waals surface area contributed by atoms with E-state index < -0.39 is 0 Å². The van der Waals surface area contributed by atoms with Gasteiger partial charge in [-0.05, 0) is 11.8 Å². The number of carbonyl (C=O) groups excluding carboxylic acids is 1. The molecule has 0 saturated heterocycles.